The van der Waals surface area contributed by atoms with Crippen LogP contribution in [0.25, 0.3) is 0 Å². The van der Waals surface area contributed by atoms with Crippen LogP contribution in [-0.2, 0) is 0 Å². The molecule has 2 aliphatic rings. The molecule has 2 unspecified atom stereocenters. The molecule has 0 amide bonds. The molecular weight excluding hydrogens is 177 g/mol. The molecule has 1 aliphatic carbocycles. The number of hydrogen-bond donors (Lipinski definition) is 1. The van der Waals surface area contributed by atoms with E-state index >= 15 is 0 Å². The van der Waals surface area contributed by atoms with Crippen molar-refractivity contribution in [2.45, 2.75) is 51.1 Å². The molecule has 14 heavy (non-hydrogen) atoms. The summed E-state index contributed by atoms with van der Waals surface area (Å²) in [6, 6.07) is 0. The van der Waals surface area contributed by atoms with E-state index in [0.29, 0.717) is 12.3 Å². The lowest BCUT2D eigenvalue weighted by molar-refractivity contribution is 0.0190. The van der Waals surface area contributed by atoms with Crippen molar-refractivity contribution >= 4 is 0 Å². The van der Waals surface area contributed by atoms with Gasteiger partial charge in [0.25, 0.3) is 0 Å². The highest BCUT2D eigenvalue weighted by atomic mass is 19.1. The first-order chi connectivity index (χ1) is 6.70. The molecule has 1 heterocycles. The molecule has 1 N–H and O–H groups in total. The molecular formula is C12H22FN. The van der Waals surface area contributed by atoms with Gasteiger partial charge >= 0.3 is 0 Å². The Morgan fingerprint density at radius 3 is 2.57 bits per heavy atom. The largest absolute Gasteiger partial charge is 0.316 e. The maximum Gasteiger partial charge on any atom is 0.113 e. The van der Waals surface area contributed by atoms with Gasteiger partial charge in [-0.25, -0.2) is 4.39 Å². The minimum atomic E-state index is -0.909. The average molecular weight is 199 g/mol. The zero-order valence-electron chi connectivity index (χ0n) is 9.19. The van der Waals surface area contributed by atoms with E-state index in [4.69, 9.17) is 0 Å². The second-order valence-corrected chi connectivity index (χ2v) is 5.24. The van der Waals surface area contributed by atoms with E-state index in [1.165, 1.54) is 32.1 Å². The molecule has 1 saturated heterocycles. The molecule has 1 nitrogen and oxygen atoms in total. The summed E-state index contributed by atoms with van der Waals surface area (Å²) in [4.78, 5) is 0. The number of hydrogen-bond acceptors (Lipinski definition) is 1. The Morgan fingerprint density at radius 1 is 1.21 bits per heavy atom. The van der Waals surface area contributed by atoms with Crippen molar-refractivity contribution in [1.29, 1.82) is 0 Å². The fourth-order valence-electron chi connectivity index (χ4n) is 3.18. The van der Waals surface area contributed by atoms with Crippen LogP contribution in [0, 0.1) is 11.8 Å². The second kappa shape index (κ2) is 4.18. The lowest BCUT2D eigenvalue weighted by atomic mass is 9.71. The predicted octanol–water partition coefficient (Wildman–Crippen LogP) is 2.90. The van der Waals surface area contributed by atoms with Crippen LogP contribution < -0.4 is 5.32 Å². The third-order valence-corrected chi connectivity index (χ3v) is 4.15. The summed E-state index contributed by atoms with van der Waals surface area (Å²) in [6.07, 6.45) is 7.21. The third kappa shape index (κ3) is 2.10. The van der Waals surface area contributed by atoms with Crippen molar-refractivity contribution in [2.75, 3.05) is 13.1 Å². The van der Waals surface area contributed by atoms with Crippen LogP contribution in [0.2, 0.25) is 0 Å². The van der Waals surface area contributed by atoms with Gasteiger partial charge in [0.1, 0.15) is 5.67 Å². The van der Waals surface area contributed by atoms with Crippen LogP contribution in [0.5, 0.6) is 0 Å². The molecule has 0 aromatic heterocycles. The topological polar surface area (TPSA) is 12.0 Å². The average Bonchev–Trinajstić information content (AvgIpc) is 2.18. The van der Waals surface area contributed by atoms with Crippen LogP contribution in [0.15, 0.2) is 0 Å². The van der Waals surface area contributed by atoms with Crippen molar-refractivity contribution in [1.82, 2.24) is 5.32 Å². The monoisotopic (exact) mass is 199 g/mol. The summed E-state index contributed by atoms with van der Waals surface area (Å²) in [5.74, 6) is 0.920. The number of halogens is 1. The van der Waals surface area contributed by atoms with Crippen LogP contribution >= 0.6 is 0 Å². The van der Waals surface area contributed by atoms with E-state index in [9.17, 15) is 4.39 Å². The van der Waals surface area contributed by atoms with Crippen LogP contribution in [0.3, 0.4) is 0 Å². The van der Waals surface area contributed by atoms with Gasteiger partial charge in [0.2, 0.25) is 0 Å². The van der Waals surface area contributed by atoms with Gasteiger partial charge in [0.15, 0.2) is 0 Å². The molecule has 1 aliphatic heterocycles. The zero-order chi connectivity index (χ0) is 10.0. The smallest absolute Gasteiger partial charge is 0.113 e. The summed E-state index contributed by atoms with van der Waals surface area (Å²) in [5, 5.41) is 3.35. The standard InChI is InChI=1S/C12H22FN/c1-12(13)7-8-14-9-11(12)10-5-3-2-4-6-10/h10-11,14H,2-9H2,1H3. The highest BCUT2D eigenvalue weighted by molar-refractivity contribution is 4.93. The van der Waals surface area contributed by atoms with E-state index in [1.54, 1.807) is 0 Å². The summed E-state index contributed by atoms with van der Waals surface area (Å²) in [7, 11) is 0. The van der Waals surface area contributed by atoms with Gasteiger partial charge in [0.05, 0.1) is 0 Å². The van der Waals surface area contributed by atoms with Crippen LogP contribution in [-0.4, -0.2) is 18.8 Å². The van der Waals surface area contributed by atoms with E-state index in [0.717, 1.165) is 13.1 Å². The molecule has 0 aromatic carbocycles. The first-order valence-corrected chi connectivity index (χ1v) is 6.10. The van der Waals surface area contributed by atoms with Crippen molar-refractivity contribution in [3.63, 3.8) is 0 Å². The maximum atomic E-state index is 14.3. The number of alkyl halides is 1. The third-order valence-electron chi connectivity index (χ3n) is 4.15. The molecule has 1 saturated carbocycles. The first-order valence-electron chi connectivity index (χ1n) is 6.10. The van der Waals surface area contributed by atoms with Gasteiger partial charge < -0.3 is 5.32 Å². The Morgan fingerprint density at radius 2 is 1.93 bits per heavy atom. The van der Waals surface area contributed by atoms with Gasteiger partial charge in [-0.2, -0.15) is 0 Å². The van der Waals surface area contributed by atoms with E-state index < -0.39 is 5.67 Å². The first kappa shape index (κ1) is 10.4. The minimum Gasteiger partial charge on any atom is -0.316 e. The van der Waals surface area contributed by atoms with Crippen molar-refractivity contribution < 1.29 is 4.39 Å². The number of piperidine rings is 1. The van der Waals surface area contributed by atoms with Gasteiger partial charge in [-0.05, 0) is 25.8 Å². The fourth-order valence-corrected chi connectivity index (χ4v) is 3.18. The molecule has 2 heteroatoms. The Kier molecular flexibility index (Phi) is 3.10. The normalized spacial score (nSPS) is 41.1. The van der Waals surface area contributed by atoms with Gasteiger partial charge in [-0.1, -0.05) is 32.1 Å². The molecule has 0 aromatic rings. The molecule has 82 valence electrons. The Labute approximate surface area is 86.5 Å². The summed E-state index contributed by atoms with van der Waals surface area (Å²) < 4.78 is 14.3. The van der Waals surface area contributed by atoms with E-state index in [-0.39, 0.29) is 5.92 Å². The number of nitrogens with one attached hydrogen (secondary N) is 1. The Bertz CT molecular complexity index is 185. The summed E-state index contributed by atoms with van der Waals surface area (Å²) in [5.41, 5.74) is -0.909. The predicted molar refractivity (Wildman–Crippen MR) is 57.1 cm³/mol. The molecule has 0 radical (unpaired) electrons. The Hall–Kier alpha value is -0.110. The van der Waals surface area contributed by atoms with Gasteiger partial charge in [-0.3, -0.25) is 0 Å². The number of rotatable bonds is 1. The van der Waals surface area contributed by atoms with Crippen molar-refractivity contribution in [2.24, 2.45) is 11.8 Å². The highest BCUT2D eigenvalue weighted by Gasteiger charge is 2.41. The highest BCUT2D eigenvalue weighted by Crippen LogP contribution is 2.40. The molecule has 2 fully saturated rings. The van der Waals surface area contributed by atoms with Crippen LogP contribution in [0.1, 0.15) is 45.4 Å². The van der Waals surface area contributed by atoms with Crippen molar-refractivity contribution in [3.05, 3.63) is 0 Å². The van der Waals surface area contributed by atoms with E-state index in [1.807, 2.05) is 6.92 Å². The molecule has 0 spiro atoms. The molecule has 0 bridgehead atoms. The van der Waals surface area contributed by atoms with Crippen LogP contribution in [0.4, 0.5) is 4.39 Å². The Balaban J connectivity index is 1.99. The fraction of sp³-hybridized carbons (Fsp3) is 1.00. The molecule has 2 atom stereocenters. The summed E-state index contributed by atoms with van der Waals surface area (Å²) >= 11 is 0. The zero-order valence-corrected chi connectivity index (χ0v) is 9.19. The minimum absolute atomic E-state index is 0.275. The quantitative estimate of drug-likeness (QED) is 0.684. The molecule has 2 rings (SSSR count). The van der Waals surface area contributed by atoms with Gasteiger partial charge in [0, 0.05) is 12.5 Å². The van der Waals surface area contributed by atoms with E-state index in [2.05, 4.69) is 5.32 Å². The van der Waals surface area contributed by atoms with Crippen molar-refractivity contribution in [3.8, 4) is 0 Å². The lowest BCUT2D eigenvalue weighted by Crippen LogP contribution is -2.49. The summed E-state index contributed by atoms with van der Waals surface area (Å²) in [6.45, 7) is 3.57. The van der Waals surface area contributed by atoms with Gasteiger partial charge in [-0.15, -0.1) is 0 Å². The second-order valence-electron chi connectivity index (χ2n) is 5.24. The SMILES string of the molecule is CC1(F)CCNCC1C1CCCCC1. The maximum absolute atomic E-state index is 14.3. The lowest BCUT2D eigenvalue weighted by Gasteiger charge is -2.41.